The van der Waals surface area contributed by atoms with Crippen LogP contribution in [0.3, 0.4) is 0 Å². The van der Waals surface area contributed by atoms with Crippen LogP contribution >= 0.6 is 0 Å². The molecule has 0 saturated heterocycles. The number of rotatable bonds is 7. The summed E-state index contributed by atoms with van der Waals surface area (Å²) in [6, 6.07) is 6.67. The number of nitrogens with one attached hydrogen (secondary N) is 1. The first-order chi connectivity index (χ1) is 11.9. The molecular formula is C20H25NO3S. The maximum absolute atomic E-state index is 12.3. The van der Waals surface area contributed by atoms with Crippen molar-refractivity contribution in [1.82, 2.24) is 4.72 Å². The van der Waals surface area contributed by atoms with Gasteiger partial charge in [0.1, 0.15) is 0 Å². The van der Waals surface area contributed by atoms with Crippen LogP contribution in [0.1, 0.15) is 37.7 Å². The Bertz CT molecular complexity index is 734. The van der Waals surface area contributed by atoms with Crippen molar-refractivity contribution < 1.29 is 13.2 Å². The molecule has 25 heavy (non-hydrogen) atoms. The molecule has 1 saturated carbocycles. The molecule has 1 aromatic rings. The molecule has 1 fully saturated rings. The van der Waals surface area contributed by atoms with Crippen LogP contribution in [0, 0.1) is 37.5 Å². The molecule has 5 heteroatoms. The van der Waals surface area contributed by atoms with E-state index in [9.17, 15) is 8.42 Å². The van der Waals surface area contributed by atoms with Gasteiger partial charge in [-0.2, -0.15) is 0 Å². The number of hydrogen-bond donors (Lipinski definition) is 1. The van der Waals surface area contributed by atoms with E-state index in [0.29, 0.717) is 0 Å². The highest BCUT2D eigenvalue weighted by Gasteiger charge is 2.37. The molecule has 1 aliphatic rings. The summed E-state index contributed by atoms with van der Waals surface area (Å²) < 4.78 is 32.9. The Morgan fingerprint density at radius 2 is 1.76 bits per heavy atom. The second kappa shape index (κ2) is 8.54. The third kappa shape index (κ3) is 4.86. The SMILES string of the molecule is C#CC(C#C)(OCCNS(=O)(=O)c1ccc(C)cc1)C1CCCCC1. The molecule has 0 atom stereocenters. The Hall–Kier alpha value is -1.79. The Morgan fingerprint density at radius 3 is 2.32 bits per heavy atom. The zero-order valence-corrected chi connectivity index (χ0v) is 15.4. The maximum atomic E-state index is 12.3. The highest BCUT2D eigenvalue weighted by molar-refractivity contribution is 7.89. The lowest BCUT2D eigenvalue weighted by Crippen LogP contribution is -2.41. The molecule has 0 aromatic heterocycles. The molecule has 2 rings (SSSR count). The van der Waals surface area contributed by atoms with Crippen LogP contribution in [0.4, 0.5) is 0 Å². The maximum Gasteiger partial charge on any atom is 0.240 e. The van der Waals surface area contributed by atoms with Crippen molar-refractivity contribution in [1.29, 1.82) is 0 Å². The Balaban J connectivity index is 1.93. The zero-order chi connectivity index (χ0) is 18.3. The van der Waals surface area contributed by atoms with Gasteiger partial charge in [0.25, 0.3) is 0 Å². The highest BCUT2D eigenvalue weighted by Crippen LogP contribution is 2.34. The standard InChI is InChI=1S/C20H25NO3S/c1-4-20(5-2,18-9-7-6-8-10-18)24-16-15-21-25(22,23)19-13-11-17(3)12-14-19/h1-2,11-14,18,21H,6-10,15-16H2,3H3. The van der Waals surface area contributed by atoms with Crippen molar-refractivity contribution >= 4 is 10.0 Å². The average molecular weight is 359 g/mol. The smallest absolute Gasteiger partial charge is 0.240 e. The molecule has 0 unspecified atom stereocenters. The fourth-order valence-corrected chi connectivity index (χ4v) is 4.19. The van der Waals surface area contributed by atoms with Crippen LogP contribution in [0.25, 0.3) is 0 Å². The minimum atomic E-state index is -3.57. The van der Waals surface area contributed by atoms with Gasteiger partial charge in [-0.1, -0.05) is 48.8 Å². The van der Waals surface area contributed by atoms with Crippen LogP contribution in [-0.2, 0) is 14.8 Å². The minimum absolute atomic E-state index is 0.119. The summed E-state index contributed by atoms with van der Waals surface area (Å²) in [5.41, 5.74) is -0.0435. The van der Waals surface area contributed by atoms with E-state index in [1.54, 1.807) is 24.3 Å². The van der Waals surface area contributed by atoms with Gasteiger partial charge in [-0.3, -0.25) is 0 Å². The normalized spacial score (nSPS) is 16.1. The summed E-state index contributed by atoms with van der Waals surface area (Å²) in [5, 5.41) is 0. The molecule has 1 aliphatic carbocycles. The molecule has 0 aliphatic heterocycles. The van der Waals surface area contributed by atoms with E-state index in [1.807, 2.05) is 6.92 Å². The average Bonchev–Trinajstić information content (AvgIpc) is 2.63. The number of aryl methyl sites for hydroxylation is 1. The fraction of sp³-hybridized carbons (Fsp3) is 0.500. The molecule has 0 amide bonds. The fourth-order valence-electron chi connectivity index (χ4n) is 3.18. The Labute approximate surface area is 151 Å². The van der Waals surface area contributed by atoms with Gasteiger partial charge in [0, 0.05) is 12.5 Å². The molecule has 1 N–H and O–H groups in total. The Morgan fingerprint density at radius 1 is 1.16 bits per heavy atom. The second-order valence-electron chi connectivity index (χ2n) is 6.42. The van der Waals surface area contributed by atoms with Crippen molar-refractivity contribution in [3.8, 4) is 24.7 Å². The summed E-state index contributed by atoms with van der Waals surface area (Å²) in [4.78, 5) is 0.227. The summed E-state index contributed by atoms with van der Waals surface area (Å²) in [6.45, 7) is 2.16. The second-order valence-corrected chi connectivity index (χ2v) is 8.19. The van der Waals surface area contributed by atoms with Crippen LogP contribution in [0.15, 0.2) is 29.2 Å². The highest BCUT2D eigenvalue weighted by atomic mass is 32.2. The lowest BCUT2D eigenvalue weighted by atomic mass is 9.77. The lowest BCUT2D eigenvalue weighted by Gasteiger charge is -2.34. The van der Waals surface area contributed by atoms with Gasteiger partial charge in [-0.05, 0) is 31.9 Å². The lowest BCUT2D eigenvalue weighted by molar-refractivity contribution is -0.00891. The third-order valence-corrected chi connectivity index (χ3v) is 6.14. The van der Waals surface area contributed by atoms with Gasteiger partial charge in [0.2, 0.25) is 10.0 Å². The topological polar surface area (TPSA) is 55.4 Å². The molecule has 0 spiro atoms. The molecule has 4 nitrogen and oxygen atoms in total. The quantitative estimate of drug-likeness (QED) is 0.602. The predicted octanol–water partition coefficient (Wildman–Crippen LogP) is 2.88. The van der Waals surface area contributed by atoms with Crippen LogP contribution in [0.5, 0.6) is 0 Å². The number of benzene rings is 1. The molecule has 0 heterocycles. The molecule has 134 valence electrons. The van der Waals surface area contributed by atoms with E-state index in [2.05, 4.69) is 16.6 Å². The molecular weight excluding hydrogens is 334 g/mol. The van der Waals surface area contributed by atoms with Gasteiger partial charge >= 0.3 is 0 Å². The summed E-state index contributed by atoms with van der Waals surface area (Å²) in [6.07, 6.45) is 16.6. The summed E-state index contributed by atoms with van der Waals surface area (Å²) in [7, 11) is -3.57. The number of hydrogen-bond acceptors (Lipinski definition) is 3. The van der Waals surface area contributed by atoms with Gasteiger partial charge < -0.3 is 4.74 Å². The van der Waals surface area contributed by atoms with Gasteiger partial charge in [-0.25, -0.2) is 13.1 Å². The van der Waals surface area contributed by atoms with Crippen LogP contribution < -0.4 is 4.72 Å². The van der Waals surface area contributed by atoms with Gasteiger partial charge in [0.15, 0.2) is 5.60 Å². The van der Waals surface area contributed by atoms with Crippen molar-refractivity contribution in [3.05, 3.63) is 29.8 Å². The Kier molecular flexibility index (Phi) is 6.67. The van der Waals surface area contributed by atoms with E-state index in [4.69, 9.17) is 17.6 Å². The van der Waals surface area contributed by atoms with Crippen molar-refractivity contribution in [2.75, 3.05) is 13.2 Å². The summed E-state index contributed by atoms with van der Waals surface area (Å²) >= 11 is 0. The van der Waals surface area contributed by atoms with E-state index < -0.39 is 15.6 Å². The monoisotopic (exact) mass is 359 g/mol. The van der Waals surface area contributed by atoms with Crippen molar-refractivity contribution in [3.63, 3.8) is 0 Å². The third-order valence-electron chi connectivity index (χ3n) is 4.66. The van der Waals surface area contributed by atoms with E-state index in [1.165, 1.54) is 6.42 Å². The van der Waals surface area contributed by atoms with Crippen molar-refractivity contribution in [2.24, 2.45) is 5.92 Å². The van der Waals surface area contributed by atoms with E-state index in [0.717, 1.165) is 31.2 Å². The van der Waals surface area contributed by atoms with Crippen LogP contribution in [-0.4, -0.2) is 27.2 Å². The van der Waals surface area contributed by atoms with Crippen LogP contribution in [0.2, 0.25) is 0 Å². The predicted molar refractivity (Wildman–Crippen MR) is 99.3 cm³/mol. The minimum Gasteiger partial charge on any atom is -0.350 e. The molecule has 0 radical (unpaired) electrons. The van der Waals surface area contributed by atoms with Gasteiger partial charge in [0.05, 0.1) is 11.5 Å². The zero-order valence-electron chi connectivity index (χ0n) is 14.6. The first-order valence-corrected chi connectivity index (χ1v) is 10.1. The number of sulfonamides is 1. The first-order valence-electron chi connectivity index (χ1n) is 8.59. The van der Waals surface area contributed by atoms with E-state index >= 15 is 0 Å². The summed E-state index contributed by atoms with van der Waals surface area (Å²) in [5.74, 6) is 5.40. The van der Waals surface area contributed by atoms with Crippen molar-refractivity contribution in [2.45, 2.75) is 49.5 Å². The molecule has 1 aromatic carbocycles. The van der Waals surface area contributed by atoms with E-state index in [-0.39, 0.29) is 24.0 Å². The first kappa shape index (κ1) is 19.5. The van der Waals surface area contributed by atoms with Gasteiger partial charge in [-0.15, -0.1) is 12.8 Å². The number of terminal acetylenes is 2. The number of ether oxygens (including phenoxy) is 1. The largest absolute Gasteiger partial charge is 0.350 e. The molecule has 0 bridgehead atoms.